The summed E-state index contributed by atoms with van der Waals surface area (Å²) in [5.41, 5.74) is 2.67. The third-order valence-corrected chi connectivity index (χ3v) is 5.69. The maximum absolute atomic E-state index is 9.85. The van der Waals surface area contributed by atoms with Crippen molar-refractivity contribution in [2.75, 3.05) is 19.8 Å². The van der Waals surface area contributed by atoms with Crippen LogP contribution >= 0.6 is 11.6 Å². The topological polar surface area (TPSA) is 97.0 Å². The van der Waals surface area contributed by atoms with E-state index >= 15 is 0 Å². The minimum atomic E-state index is -0.754. The summed E-state index contributed by atoms with van der Waals surface area (Å²) in [5, 5.41) is 29.9. The van der Waals surface area contributed by atoms with Crippen LogP contribution in [0.5, 0.6) is 5.75 Å². The van der Waals surface area contributed by atoms with Gasteiger partial charge < -0.3 is 29.4 Å². The number of aromatic nitrogens is 2. The Hall–Kier alpha value is -2.86. The minimum Gasteiger partial charge on any atom is -0.484 e. The van der Waals surface area contributed by atoms with Crippen LogP contribution < -0.4 is 4.74 Å². The van der Waals surface area contributed by atoms with Gasteiger partial charge in [-0.15, -0.1) is 0 Å². The van der Waals surface area contributed by atoms with Crippen molar-refractivity contribution >= 4 is 11.6 Å². The van der Waals surface area contributed by atoms with Gasteiger partial charge in [-0.25, -0.2) is 4.98 Å². The monoisotopic (exact) mass is 468 g/mol. The van der Waals surface area contributed by atoms with Gasteiger partial charge in [-0.05, 0) is 42.3 Å². The van der Waals surface area contributed by atoms with E-state index in [9.17, 15) is 15.3 Å². The van der Waals surface area contributed by atoms with E-state index in [1.807, 2.05) is 36.4 Å². The fraction of sp³-hybridized carbons (Fsp3) is 0.320. The lowest BCUT2D eigenvalue weighted by molar-refractivity contribution is 0.0734. The van der Waals surface area contributed by atoms with Crippen LogP contribution in [0.25, 0.3) is 11.1 Å². The van der Waals surface area contributed by atoms with Crippen LogP contribution in [0.4, 0.5) is 0 Å². The number of hydrogen-bond acceptors (Lipinski definition) is 6. The highest BCUT2D eigenvalue weighted by atomic mass is 35.5. The van der Waals surface area contributed by atoms with Crippen LogP contribution in [0.15, 0.2) is 54.9 Å². The van der Waals surface area contributed by atoms with Gasteiger partial charge >= 0.3 is 0 Å². The first-order valence-electron chi connectivity index (χ1n) is 10.6. The van der Waals surface area contributed by atoms with Crippen molar-refractivity contribution in [3.05, 3.63) is 71.3 Å². The summed E-state index contributed by atoms with van der Waals surface area (Å²) in [4.78, 5) is 4.13. The predicted molar refractivity (Wildman–Crippen MR) is 124 cm³/mol. The number of ether oxygens (including phenoxy) is 2. The van der Waals surface area contributed by atoms with Crippen LogP contribution in [0.1, 0.15) is 30.5 Å². The number of nitrogens with zero attached hydrogens (tertiary/aromatic N) is 2. The molecule has 0 unspecified atom stereocenters. The van der Waals surface area contributed by atoms with Gasteiger partial charge in [0.15, 0.2) is 0 Å². The molecule has 0 amide bonds. The quantitative estimate of drug-likeness (QED) is 0.481. The number of halogens is 1. The zero-order valence-corrected chi connectivity index (χ0v) is 18.8. The summed E-state index contributed by atoms with van der Waals surface area (Å²) >= 11 is 6.40. The molecule has 3 aromatic rings. The molecule has 2 aromatic carbocycles. The van der Waals surface area contributed by atoms with Crippen LogP contribution in [0.2, 0.25) is 5.02 Å². The molecule has 0 radical (unpaired) electrons. The molecule has 0 bridgehead atoms. The van der Waals surface area contributed by atoms with E-state index in [2.05, 4.69) is 16.8 Å². The van der Waals surface area contributed by atoms with Gasteiger partial charge in [-0.2, -0.15) is 0 Å². The minimum absolute atomic E-state index is 0.196. The van der Waals surface area contributed by atoms with Gasteiger partial charge in [0.2, 0.25) is 0 Å². The van der Waals surface area contributed by atoms with E-state index in [1.165, 1.54) is 0 Å². The molecule has 0 saturated carbocycles. The van der Waals surface area contributed by atoms with E-state index in [1.54, 1.807) is 30.0 Å². The van der Waals surface area contributed by atoms with Crippen LogP contribution in [-0.4, -0.2) is 56.9 Å². The third kappa shape index (κ3) is 5.38. The standard InChI is InChI=1S/C25H25ClN2O5/c1-16(30)25-27-10-11-28(25)20(13-29)8-4-17-2-5-18(6-3-17)19-7-9-23(21(26)12-19)33-24-15-32-14-22(24)31/h2-3,5-7,9-12,16,20,22,24,29-31H,13-15H2,1H3/t16-,20-,22-,24-/m0/s1. The number of aliphatic hydroxyl groups is 3. The summed E-state index contributed by atoms with van der Waals surface area (Å²) in [6.07, 6.45) is 1.43. The molecule has 1 aromatic heterocycles. The summed E-state index contributed by atoms with van der Waals surface area (Å²) in [7, 11) is 0. The van der Waals surface area contributed by atoms with E-state index in [0.717, 1.165) is 16.7 Å². The van der Waals surface area contributed by atoms with Gasteiger partial charge in [-0.1, -0.05) is 41.6 Å². The second-order valence-corrected chi connectivity index (χ2v) is 8.23. The van der Waals surface area contributed by atoms with Gasteiger partial charge in [0.1, 0.15) is 35.9 Å². The Morgan fingerprint density at radius 2 is 1.97 bits per heavy atom. The maximum Gasteiger partial charge on any atom is 0.150 e. The first kappa shape index (κ1) is 23.3. The molecular weight excluding hydrogens is 444 g/mol. The van der Waals surface area contributed by atoms with Gasteiger partial charge in [-0.3, -0.25) is 0 Å². The molecule has 172 valence electrons. The van der Waals surface area contributed by atoms with E-state index < -0.39 is 24.4 Å². The molecule has 2 heterocycles. The van der Waals surface area contributed by atoms with Gasteiger partial charge in [0, 0.05) is 18.0 Å². The average molecular weight is 469 g/mol. The number of hydrogen-bond donors (Lipinski definition) is 3. The lowest BCUT2D eigenvalue weighted by atomic mass is 10.0. The van der Waals surface area contributed by atoms with Crippen LogP contribution in [0.3, 0.4) is 0 Å². The Morgan fingerprint density at radius 1 is 1.21 bits per heavy atom. The molecule has 1 saturated heterocycles. The highest BCUT2D eigenvalue weighted by Gasteiger charge is 2.28. The van der Waals surface area contributed by atoms with E-state index in [-0.39, 0.29) is 13.2 Å². The van der Waals surface area contributed by atoms with Crippen molar-refractivity contribution in [1.82, 2.24) is 9.55 Å². The molecule has 3 N–H and O–H groups in total. The van der Waals surface area contributed by atoms with E-state index in [0.29, 0.717) is 23.2 Å². The molecule has 4 atom stereocenters. The van der Waals surface area contributed by atoms with Crippen molar-refractivity contribution in [2.24, 2.45) is 0 Å². The fourth-order valence-electron chi connectivity index (χ4n) is 3.60. The Labute approximate surface area is 197 Å². The molecule has 33 heavy (non-hydrogen) atoms. The Bertz CT molecular complexity index is 1150. The summed E-state index contributed by atoms with van der Waals surface area (Å²) in [6.45, 7) is 2.02. The van der Waals surface area contributed by atoms with Crippen molar-refractivity contribution in [3.8, 4) is 28.7 Å². The summed E-state index contributed by atoms with van der Waals surface area (Å²) in [6, 6.07) is 12.7. The molecule has 1 aliphatic rings. The van der Waals surface area contributed by atoms with Crippen LogP contribution in [0, 0.1) is 11.8 Å². The van der Waals surface area contributed by atoms with Crippen LogP contribution in [-0.2, 0) is 4.74 Å². The molecule has 7 nitrogen and oxygen atoms in total. The lowest BCUT2D eigenvalue weighted by Gasteiger charge is -2.17. The highest BCUT2D eigenvalue weighted by molar-refractivity contribution is 6.32. The van der Waals surface area contributed by atoms with Gasteiger partial charge in [0.05, 0.1) is 24.8 Å². The first-order valence-corrected chi connectivity index (χ1v) is 11.0. The lowest BCUT2D eigenvalue weighted by Crippen LogP contribution is -2.29. The molecule has 0 spiro atoms. The smallest absolute Gasteiger partial charge is 0.150 e. The third-order valence-electron chi connectivity index (χ3n) is 5.39. The Kier molecular flexibility index (Phi) is 7.33. The van der Waals surface area contributed by atoms with Crippen molar-refractivity contribution in [3.63, 3.8) is 0 Å². The summed E-state index contributed by atoms with van der Waals surface area (Å²) in [5.74, 6) is 7.07. The zero-order valence-electron chi connectivity index (χ0n) is 18.1. The Morgan fingerprint density at radius 3 is 2.61 bits per heavy atom. The molecule has 1 aliphatic heterocycles. The highest BCUT2D eigenvalue weighted by Crippen LogP contribution is 2.32. The SMILES string of the molecule is C[C@H](O)c1nccn1[C@@H](C#Cc1ccc(-c2ccc(O[C@H]3COC[C@@H]3O)c(Cl)c2)cc1)CO. The second-order valence-electron chi connectivity index (χ2n) is 7.82. The first-order chi connectivity index (χ1) is 16.0. The molecule has 8 heteroatoms. The van der Waals surface area contributed by atoms with Gasteiger partial charge in [0.25, 0.3) is 0 Å². The molecule has 1 fully saturated rings. The number of aliphatic hydroxyl groups excluding tert-OH is 3. The number of rotatable bonds is 6. The molecule has 0 aliphatic carbocycles. The average Bonchev–Trinajstić information content (AvgIpc) is 3.46. The molecule has 4 rings (SSSR count). The zero-order chi connectivity index (χ0) is 23.4. The van der Waals surface area contributed by atoms with E-state index in [4.69, 9.17) is 21.1 Å². The number of imidazole rings is 1. The second kappa shape index (κ2) is 10.4. The largest absolute Gasteiger partial charge is 0.484 e. The van der Waals surface area contributed by atoms with Crippen molar-refractivity contribution in [2.45, 2.75) is 31.3 Å². The predicted octanol–water partition coefficient (Wildman–Crippen LogP) is 2.98. The normalized spacial score (nSPS) is 19.5. The maximum atomic E-state index is 9.85. The van der Waals surface area contributed by atoms with Crippen molar-refractivity contribution in [1.29, 1.82) is 0 Å². The fourth-order valence-corrected chi connectivity index (χ4v) is 3.83. The summed E-state index contributed by atoms with van der Waals surface area (Å²) < 4.78 is 12.7. The van der Waals surface area contributed by atoms with Crippen molar-refractivity contribution < 1.29 is 24.8 Å². The number of benzene rings is 2. The molecular formula is C25H25ClN2O5. The Balaban J connectivity index is 1.47.